The van der Waals surface area contributed by atoms with Gasteiger partial charge in [-0.25, -0.2) is 0 Å². The molecular weight excluding hydrogens is 282 g/mol. The van der Waals surface area contributed by atoms with Crippen molar-refractivity contribution in [2.45, 2.75) is 52.4 Å². The molecule has 0 heterocycles. The predicted octanol–water partition coefficient (Wildman–Crippen LogP) is 2.46. The molecule has 120 valence electrons. The number of rotatable bonds is 12. The lowest BCUT2D eigenvalue weighted by molar-refractivity contribution is -0.144. The molecule has 0 spiro atoms. The highest BCUT2D eigenvalue weighted by molar-refractivity contribution is 5.85. The third kappa shape index (κ3) is 15.2. The van der Waals surface area contributed by atoms with E-state index < -0.39 is 0 Å². The molecule has 0 aromatic heterocycles. The summed E-state index contributed by atoms with van der Waals surface area (Å²) >= 11 is 0. The lowest BCUT2D eigenvalue weighted by Crippen LogP contribution is -2.23. The molecule has 0 saturated heterocycles. The van der Waals surface area contributed by atoms with E-state index in [1.807, 2.05) is 0 Å². The maximum absolute atomic E-state index is 11.2. The van der Waals surface area contributed by atoms with Crippen LogP contribution in [0.4, 0.5) is 0 Å². The summed E-state index contributed by atoms with van der Waals surface area (Å²) in [5.74, 6) is -0.377. The van der Waals surface area contributed by atoms with E-state index in [0.29, 0.717) is 39.1 Å². The van der Waals surface area contributed by atoms with Gasteiger partial charge in [0.25, 0.3) is 0 Å². The van der Waals surface area contributed by atoms with Gasteiger partial charge in [0.2, 0.25) is 0 Å². The van der Waals surface area contributed by atoms with Gasteiger partial charge < -0.3 is 14.8 Å². The number of unbranched alkanes of at least 4 members (excludes halogenated alkanes) is 2. The number of halogens is 1. The number of carbonyl (C=O) groups excluding carboxylic acids is 2. The van der Waals surface area contributed by atoms with Crippen LogP contribution in [-0.2, 0) is 19.1 Å². The van der Waals surface area contributed by atoms with E-state index >= 15 is 0 Å². The van der Waals surface area contributed by atoms with Crippen LogP contribution >= 0.6 is 12.4 Å². The Bertz CT molecular complexity index is 225. The highest BCUT2D eigenvalue weighted by Crippen LogP contribution is 1.93. The molecule has 5 nitrogen and oxygen atoms in total. The number of nitrogens with one attached hydrogen (secondary N) is 1. The summed E-state index contributed by atoms with van der Waals surface area (Å²) in [5, 5.41) is 3.03. The van der Waals surface area contributed by atoms with Gasteiger partial charge in [-0.15, -0.1) is 12.4 Å². The molecule has 0 fully saturated rings. The van der Waals surface area contributed by atoms with Gasteiger partial charge in [0.15, 0.2) is 0 Å². The lowest BCUT2D eigenvalue weighted by atomic mass is 10.3. The Morgan fingerprint density at radius 1 is 0.850 bits per heavy atom. The summed E-state index contributed by atoms with van der Waals surface area (Å²) in [6, 6.07) is 0. The first-order valence-electron chi connectivity index (χ1n) is 7.22. The van der Waals surface area contributed by atoms with E-state index in [0.717, 1.165) is 25.7 Å². The first-order chi connectivity index (χ1) is 9.20. The molecular formula is C14H28ClNO4. The van der Waals surface area contributed by atoms with Crippen LogP contribution in [0.25, 0.3) is 0 Å². The van der Waals surface area contributed by atoms with Crippen molar-refractivity contribution in [2.75, 3.05) is 26.3 Å². The number of carbonyl (C=O) groups is 2. The monoisotopic (exact) mass is 309 g/mol. The van der Waals surface area contributed by atoms with Crippen LogP contribution in [0.2, 0.25) is 0 Å². The highest BCUT2D eigenvalue weighted by Gasteiger charge is 2.04. The highest BCUT2D eigenvalue weighted by atomic mass is 35.5. The second-order valence-corrected chi connectivity index (χ2v) is 4.40. The Balaban J connectivity index is 0. The minimum absolute atomic E-state index is 0. The zero-order chi connectivity index (χ0) is 14.3. The van der Waals surface area contributed by atoms with Crippen molar-refractivity contribution >= 4 is 24.3 Å². The Kier molecular flexibility index (Phi) is 17.5. The molecule has 0 bridgehead atoms. The van der Waals surface area contributed by atoms with Crippen LogP contribution in [-0.4, -0.2) is 38.2 Å². The third-order valence-electron chi connectivity index (χ3n) is 2.53. The smallest absolute Gasteiger partial charge is 0.307 e. The van der Waals surface area contributed by atoms with Gasteiger partial charge in [-0.3, -0.25) is 9.59 Å². The molecule has 0 unspecified atom stereocenters. The SMILES string of the molecule is CCCCOC(=O)CCNCCC(=O)OCCCC.Cl. The molecule has 0 aliphatic rings. The van der Waals surface area contributed by atoms with Crippen molar-refractivity contribution in [1.82, 2.24) is 5.32 Å². The number of hydrogen-bond donors (Lipinski definition) is 1. The van der Waals surface area contributed by atoms with E-state index in [-0.39, 0.29) is 24.3 Å². The van der Waals surface area contributed by atoms with Crippen LogP contribution in [0.1, 0.15) is 52.4 Å². The molecule has 0 atom stereocenters. The molecule has 0 aliphatic carbocycles. The number of hydrogen-bond acceptors (Lipinski definition) is 5. The standard InChI is InChI=1S/C14H27NO4.ClH/c1-3-5-11-18-13(16)7-9-15-10-8-14(17)19-12-6-4-2;/h15H,3-12H2,1-2H3;1H. The van der Waals surface area contributed by atoms with Gasteiger partial charge >= 0.3 is 11.9 Å². The molecule has 1 N–H and O–H groups in total. The molecule has 0 amide bonds. The minimum Gasteiger partial charge on any atom is -0.466 e. The molecule has 20 heavy (non-hydrogen) atoms. The van der Waals surface area contributed by atoms with Crippen molar-refractivity contribution in [1.29, 1.82) is 0 Å². The first-order valence-corrected chi connectivity index (χ1v) is 7.22. The van der Waals surface area contributed by atoms with Crippen molar-refractivity contribution in [3.63, 3.8) is 0 Å². The van der Waals surface area contributed by atoms with E-state index in [1.54, 1.807) is 0 Å². The number of esters is 2. The molecule has 0 aromatic rings. The summed E-state index contributed by atoms with van der Waals surface area (Å²) < 4.78 is 10.0. The average Bonchev–Trinajstić information content (AvgIpc) is 2.39. The Morgan fingerprint density at radius 3 is 1.60 bits per heavy atom. The zero-order valence-corrected chi connectivity index (χ0v) is 13.4. The van der Waals surface area contributed by atoms with E-state index in [2.05, 4.69) is 19.2 Å². The van der Waals surface area contributed by atoms with Gasteiger partial charge in [-0.2, -0.15) is 0 Å². The largest absolute Gasteiger partial charge is 0.466 e. The number of ether oxygens (including phenoxy) is 2. The molecule has 0 radical (unpaired) electrons. The Hall–Kier alpha value is -0.810. The van der Waals surface area contributed by atoms with Gasteiger partial charge in [0, 0.05) is 13.1 Å². The van der Waals surface area contributed by atoms with Gasteiger partial charge in [0.1, 0.15) is 0 Å². The van der Waals surface area contributed by atoms with E-state index in [9.17, 15) is 9.59 Å². The van der Waals surface area contributed by atoms with Crippen LogP contribution in [0.5, 0.6) is 0 Å². The first kappa shape index (κ1) is 21.5. The summed E-state index contributed by atoms with van der Waals surface area (Å²) in [4.78, 5) is 22.5. The molecule has 0 aromatic carbocycles. The van der Waals surface area contributed by atoms with Crippen LogP contribution < -0.4 is 5.32 Å². The molecule has 0 saturated carbocycles. The van der Waals surface area contributed by atoms with Crippen LogP contribution in [0.15, 0.2) is 0 Å². The maximum atomic E-state index is 11.2. The topological polar surface area (TPSA) is 64.6 Å². The van der Waals surface area contributed by atoms with Crippen LogP contribution in [0.3, 0.4) is 0 Å². The molecule has 0 rings (SSSR count). The third-order valence-corrected chi connectivity index (χ3v) is 2.53. The fourth-order valence-corrected chi connectivity index (χ4v) is 1.31. The summed E-state index contributed by atoms with van der Waals surface area (Å²) in [6.45, 7) is 6.17. The van der Waals surface area contributed by atoms with Crippen molar-refractivity contribution < 1.29 is 19.1 Å². The predicted molar refractivity (Wildman–Crippen MR) is 81.1 cm³/mol. The summed E-state index contributed by atoms with van der Waals surface area (Å²) in [7, 11) is 0. The van der Waals surface area contributed by atoms with Crippen molar-refractivity contribution in [3.8, 4) is 0 Å². The lowest BCUT2D eigenvalue weighted by Gasteiger charge is -2.06. The summed E-state index contributed by atoms with van der Waals surface area (Å²) in [5.41, 5.74) is 0. The average molecular weight is 310 g/mol. The maximum Gasteiger partial charge on any atom is 0.307 e. The van der Waals surface area contributed by atoms with Gasteiger partial charge in [0.05, 0.1) is 26.1 Å². The normalized spacial score (nSPS) is 9.70. The van der Waals surface area contributed by atoms with Gasteiger partial charge in [-0.1, -0.05) is 26.7 Å². The Labute approximate surface area is 128 Å². The van der Waals surface area contributed by atoms with Crippen molar-refractivity contribution in [2.24, 2.45) is 0 Å². The van der Waals surface area contributed by atoms with Crippen LogP contribution in [0, 0.1) is 0 Å². The second-order valence-electron chi connectivity index (χ2n) is 4.40. The fraction of sp³-hybridized carbons (Fsp3) is 0.857. The summed E-state index contributed by atoms with van der Waals surface area (Å²) in [6.07, 6.45) is 4.53. The quantitative estimate of drug-likeness (QED) is 0.443. The van der Waals surface area contributed by atoms with E-state index in [4.69, 9.17) is 9.47 Å². The minimum atomic E-state index is -0.188. The fourth-order valence-electron chi connectivity index (χ4n) is 1.31. The van der Waals surface area contributed by atoms with Crippen molar-refractivity contribution in [3.05, 3.63) is 0 Å². The zero-order valence-electron chi connectivity index (χ0n) is 12.6. The van der Waals surface area contributed by atoms with E-state index in [1.165, 1.54) is 0 Å². The molecule has 6 heteroatoms. The second kappa shape index (κ2) is 16.2. The Morgan fingerprint density at radius 2 is 1.25 bits per heavy atom. The van der Waals surface area contributed by atoms with Gasteiger partial charge in [-0.05, 0) is 12.8 Å². The molecule has 0 aliphatic heterocycles.